The Morgan fingerprint density at radius 1 is 1.00 bits per heavy atom. The van der Waals surface area contributed by atoms with Crippen molar-refractivity contribution < 1.29 is 8.78 Å². The van der Waals surface area contributed by atoms with Crippen LogP contribution in [0.25, 0.3) is 0 Å². The van der Waals surface area contributed by atoms with E-state index in [1.165, 1.54) is 23.3 Å². The molecule has 0 aliphatic heterocycles. The van der Waals surface area contributed by atoms with Gasteiger partial charge in [-0.25, -0.2) is 8.78 Å². The summed E-state index contributed by atoms with van der Waals surface area (Å²) in [4.78, 5) is 0. The van der Waals surface area contributed by atoms with Crippen molar-refractivity contribution >= 4 is 0 Å². The predicted molar refractivity (Wildman–Crippen MR) is 82.5 cm³/mol. The fourth-order valence-electron chi connectivity index (χ4n) is 2.42. The topological polar surface area (TPSA) is 12.0 Å². The maximum absolute atomic E-state index is 13.3. The Labute approximate surface area is 125 Å². The zero-order chi connectivity index (χ0) is 15.2. The van der Waals surface area contributed by atoms with Crippen molar-refractivity contribution in [2.45, 2.75) is 26.2 Å². The van der Waals surface area contributed by atoms with Crippen molar-refractivity contribution in [3.05, 3.63) is 70.8 Å². The van der Waals surface area contributed by atoms with Crippen LogP contribution in [0.4, 0.5) is 8.78 Å². The molecule has 0 aromatic heterocycles. The van der Waals surface area contributed by atoms with Gasteiger partial charge in [-0.15, -0.1) is 0 Å². The molecule has 0 heterocycles. The van der Waals surface area contributed by atoms with E-state index in [-0.39, 0.29) is 5.92 Å². The van der Waals surface area contributed by atoms with Gasteiger partial charge >= 0.3 is 0 Å². The third-order valence-electron chi connectivity index (χ3n) is 3.66. The molecule has 0 amide bonds. The molecule has 2 rings (SSSR count). The second-order valence-corrected chi connectivity index (χ2v) is 5.37. The lowest BCUT2D eigenvalue weighted by Gasteiger charge is -2.18. The average Bonchev–Trinajstić information content (AvgIpc) is 2.48. The first-order chi connectivity index (χ1) is 10.1. The fourth-order valence-corrected chi connectivity index (χ4v) is 2.42. The van der Waals surface area contributed by atoms with E-state index in [2.05, 4.69) is 43.4 Å². The zero-order valence-electron chi connectivity index (χ0n) is 12.5. The molecule has 2 aromatic carbocycles. The van der Waals surface area contributed by atoms with Gasteiger partial charge in [0, 0.05) is 12.5 Å². The lowest BCUT2D eigenvalue weighted by Crippen LogP contribution is -2.22. The van der Waals surface area contributed by atoms with Gasteiger partial charge in [-0.3, -0.25) is 0 Å². The minimum atomic E-state index is -0.794. The number of likely N-dealkylation sites (N-methyl/N-ethyl adjacent to an activating group) is 1. The fraction of sp³-hybridized carbons (Fsp3) is 0.333. The van der Waals surface area contributed by atoms with Crippen LogP contribution < -0.4 is 5.32 Å². The van der Waals surface area contributed by atoms with Crippen LogP contribution in [0.2, 0.25) is 0 Å². The average molecular weight is 289 g/mol. The Hall–Kier alpha value is -1.74. The van der Waals surface area contributed by atoms with E-state index in [1.54, 1.807) is 6.07 Å². The summed E-state index contributed by atoms with van der Waals surface area (Å²) in [5.41, 5.74) is 3.25. The Bertz CT molecular complexity index is 578. The number of halogens is 2. The van der Waals surface area contributed by atoms with Crippen LogP contribution in [0, 0.1) is 18.6 Å². The Kier molecular flexibility index (Phi) is 5.45. The molecule has 21 heavy (non-hydrogen) atoms. The van der Waals surface area contributed by atoms with Gasteiger partial charge in [0.1, 0.15) is 0 Å². The smallest absolute Gasteiger partial charge is 0.159 e. The van der Waals surface area contributed by atoms with Crippen LogP contribution in [-0.4, -0.2) is 13.1 Å². The van der Waals surface area contributed by atoms with Gasteiger partial charge in [0.05, 0.1) is 0 Å². The summed E-state index contributed by atoms with van der Waals surface area (Å²) in [6.45, 7) is 5.82. The number of hydrogen-bond donors (Lipinski definition) is 1. The predicted octanol–water partition coefficient (Wildman–Crippen LogP) is 4.21. The minimum absolute atomic E-state index is 0.246. The number of rotatable bonds is 6. The van der Waals surface area contributed by atoms with E-state index >= 15 is 0 Å². The highest BCUT2D eigenvalue weighted by Gasteiger charge is 2.13. The third kappa shape index (κ3) is 4.36. The van der Waals surface area contributed by atoms with E-state index in [9.17, 15) is 8.78 Å². The minimum Gasteiger partial charge on any atom is -0.316 e. The van der Waals surface area contributed by atoms with Crippen LogP contribution in [0.3, 0.4) is 0 Å². The first kappa shape index (κ1) is 15.6. The standard InChI is InChI=1S/C18H21F2N/c1-3-21-12-16(15-7-4-13(2)5-8-15)10-14-6-9-17(19)18(20)11-14/h4-9,11,16,21H,3,10,12H2,1-2H3. The van der Waals surface area contributed by atoms with E-state index in [4.69, 9.17) is 0 Å². The molecule has 1 N–H and O–H groups in total. The number of hydrogen-bond acceptors (Lipinski definition) is 1. The number of aryl methyl sites for hydroxylation is 1. The van der Waals surface area contributed by atoms with Crippen LogP contribution in [0.15, 0.2) is 42.5 Å². The van der Waals surface area contributed by atoms with Crippen molar-refractivity contribution in [3.63, 3.8) is 0 Å². The summed E-state index contributed by atoms with van der Waals surface area (Å²) in [6, 6.07) is 12.5. The highest BCUT2D eigenvalue weighted by Crippen LogP contribution is 2.22. The highest BCUT2D eigenvalue weighted by molar-refractivity contribution is 5.28. The van der Waals surface area contributed by atoms with Gasteiger partial charge in [-0.2, -0.15) is 0 Å². The summed E-state index contributed by atoms with van der Waals surface area (Å²) in [5.74, 6) is -1.33. The Morgan fingerprint density at radius 2 is 1.71 bits per heavy atom. The van der Waals surface area contributed by atoms with Gasteiger partial charge in [0.15, 0.2) is 11.6 Å². The van der Waals surface area contributed by atoms with Gasteiger partial charge in [-0.1, -0.05) is 42.8 Å². The highest BCUT2D eigenvalue weighted by atomic mass is 19.2. The molecule has 1 nitrogen and oxygen atoms in total. The van der Waals surface area contributed by atoms with Crippen LogP contribution in [0.1, 0.15) is 29.5 Å². The zero-order valence-corrected chi connectivity index (χ0v) is 12.5. The van der Waals surface area contributed by atoms with Crippen molar-refractivity contribution in [2.24, 2.45) is 0 Å². The molecule has 0 aliphatic carbocycles. The van der Waals surface area contributed by atoms with Gasteiger partial charge in [0.25, 0.3) is 0 Å². The molecule has 0 radical (unpaired) electrons. The maximum Gasteiger partial charge on any atom is 0.159 e. The largest absolute Gasteiger partial charge is 0.316 e. The molecule has 0 saturated heterocycles. The van der Waals surface area contributed by atoms with E-state index in [0.29, 0.717) is 6.42 Å². The van der Waals surface area contributed by atoms with Crippen molar-refractivity contribution in [1.29, 1.82) is 0 Å². The molecule has 2 aromatic rings. The van der Waals surface area contributed by atoms with Gasteiger partial charge in [-0.05, 0) is 43.1 Å². The lowest BCUT2D eigenvalue weighted by molar-refractivity contribution is 0.505. The van der Waals surface area contributed by atoms with Crippen molar-refractivity contribution in [1.82, 2.24) is 5.32 Å². The summed E-state index contributed by atoms with van der Waals surface area (Å²) >= 11 is 0. The summed E-state index contributed by atoms with van der Waals surface area (Å²) in [5, 5.41) is 3.34. The first-order valence-corrected chi connectivity index (χ1v) is 7.31. The summed E-state index contributed by atoms with van der Waals surface area (Å²) in [6.07, 6.45) is 0.688. The summed E-state index contributed by atoms with van der Waals surface area (Å²) < 4.78 is 26.4. The molecule has 0 saturated carbocycles. The normalized spacial score (nSPS) is 12.4. The molecular weight excluding hydrogens is 268 g/mol. The molecule has 112 valence electrons. The van der Waals surface area contributed by atoms with Crippen molar-refractivity contribution in [2.75, 3.05) is 13.1 Å². The molecule has 1 atom stereocenters. The van der Waals surface area contributed by atoms with Crippen LogP contribution >= 0.6 is 0 Å². The monoisotopic (exact) mass is 289 g/mol. The second-order valence-electron chi connectivity index (χ2n) is 5.37. The molecule has 0 fully saturated rings. The van der Waals surface area contributed by atoms with Gasteiger partial charge < -0.3 is 5.32 Å². The molecule has 0 spiro atoms. The molecule has 3 heteroatoms. The van der Waals surface area contributed by atoms with Gasteiger partial charge in [0.2, 0.25) is 0 Å². The van der Waals surface area contributed by atoms with Crippen LogP contribution in [-0.2, 0) is 6.42 Å². The quantitative estimate of drug-likeness (QED) is 0.840. The van der Waals surface area contributed by atoms with Crippen LogP contribution in [0.5, 0.6) is 0 Å². The summed E-state index contributed by atoms with van der Waals surface area (Å²) in [7, 11) is 0. The Morgan fingerprint density at radius 3 is 2.33 bits per heavy atom. The third-order valence-corrected chi connectivity index (χ3v) is 3.66. The first-order valence-electron chi connectivity index (χ1n) is 7.31. The SMILES string of the molecule is CCNCC(Cc1ccc(F)c(F)c1)c1ccc(C)cc1. The van der Waals surface area contributed by atoms with Crippen molar-refractivity contribution in [3.8, 4) is 0 Å². The molecular formula is C18H21F2N. The lowest BCUT2D eigenvalue weighted by atomic mass is 9.91. The Balaban J connectivity index is 2.19. The number of nitrogens with one attached hydrogen (secondary N) is 1. The van der Waals surface area contributed by atoms with E-state index < -0.39 is 11.6 Å². The maximum atomic E-state index is 13.3. The molecule has 0 aliphatic rings. The second kappa shape index (κ2) is 7.32. The molecule has 1 unspecified atom stereocenters. The van der Waals surface area contributed by atoms with E-state index in [1.807, 2.05) is 0 Å². The van der Waals surface area contributed by atoms with E-state index in [0.717, 1.165) is 18.7 Å². The number of benzene rings is 2. The molecule has 0 bridgehead atoms.